The molecule has 0 atom stereocenters. The Labute approximate surface area is 107 Å². The second-order valence-electron chi connectivity index (χ2n) is 3.37. The van der Waals surface area contributed by atoms with Crippen molar-refractivity contribution in [2.75, 3.05) is 0 Å². The molecule has 9 heteroatoms. The van der Waals surface area contributed by atoms with Crippen LogP contribution in [0.3, 0.4) is 0 Å². The van der Waals surface area contributed by atoms with E-state index in [1.165, 1.54) is 0 Å². The molecular formula is C10H3ClF6O2. The average molecular weight is 305 g/mol. The molecule has 19 heavy (non-hydrogen) atoms. The molecule has 0 aliphatic carbocycles. The Morgan fingerprint density at radius 2 is 1.37 bits per heavy atom. The van der Waals surface area contributed by atoms with E-state index in [4.69, 9.17) is 11.6 Å². The van der Waals surface area contributed by atoms with E-state index in [1.807, 2.05) is 0 Å². The average Bonchev–Trinajstić information content (AvgIpc) is 2.24. The van der Waals surface area contributed by atoms with E-state index in [-0.39, 0.29) is 12.1 Å². The van der Waals surface area contributed by atoms with E-state index in [0.29, 0.717) is 0 Å². The number of hydrogen-bond donors (Lipinski definition) is 0. The number of benzene rings is 1. The maximum absolute atomic E-state index is 12.6. The van der Waals surface area contributed by atoms with Crippen molar-refractivity contribution in [2.45, 2.75) is 12.4 Å². The van der Waals surface area contributed by atoms with Crippen LogP contribution in [-0.4, -0.2) is 11.5 Å². The first-order valence-corrected chi connectivity index (χ1v) is 4.83. The van der Waals surface area contributed by atoms with E-state index in [0.717, 1.165) is 0 Å². The largest absolute Gasteiger partial charge is 0.417 e. The van der Waals surface area contributed by atoms with Gasteiger partial charge in [-0.15, -0.1) is 0 Å². The van der Waals surface area contributed by atoms with Crippen LogP contribution in [0.4, 0.5) is 26.3 Å². The summed E-state index contributed by atoms with van der Waals surface area (Å²) in [6.07, 6.45) is -11.0. The Morgan fingerprint density at radius 3 is 1.58 bits per heavy atom. The summed E-state index contributed by atoms with van der Waals surface area (Å²) in [5.74, 6) is 0. The van der Waals surface area contributed by atoms with Crippen LogP contribution in [0, 0.1) is 0 Å². The lowest BCUT2D eigenvalue weighted by Crippen LogP contribution is -2.17. The van der Waals surface area contributed by atoms with Gasteiger partial charge < -0.3 is 0 Å². The third-order valence-electron chi connectivity index (χ3n) is 2.14. The highest BCUT2D eigenvalue weighted by Gasteiger charge is 2.41. The van der Waals surface area contributed by atoms with Gasteiger partial charge in [0.25, 0.3) is 5.24 Å². The van der Waals surface area contributed by atoms with Crippen molar-refractivity contribution >= 4 is 23.1 Å². The van der Waals surface area contributed by atoms with Crippen molar-refractivity contribution < 1.29 is 35.9 Å². The van der Waals surface area contributed by atoms with Gasteiger partial charge in [0.2, 0.25) is 0 Å². The minimum atomic E-state index is -5.22. The van der Waals surface area contributed by atoms with Crippen molar-refractivity contribution in [2.24, 2.45) is 0 Å². The maximum Gasteiger partial charge on any atom is 0.417 e. The zero-order chi connectivity index (χ0) is 15.0. The lowest BCUT2D eigenvalue weighted by Gasteiger charge is -2.16. The molecule has 0 aromatic heterocycles. The lowest BCUT2D eigenvalue weighted by atomic mass is 9.98. The molecule has 0 aliphatic rings. The molecule has 0 radical (unpaired) electrons. The molecular weight excluding hydrogens is 302 g/mol. The number of aldehydes is 1. The first kappa shape index (κ1) is 15.5. The molecule has 1 aromatic rings. The van der Waals surface area contributed by atoms with Crippen molar-refractivity contribution in [1.29, 1.82) is 0 Å². The lowest BCUT2D eigenvalue weighted by molar-refractivity contribution is -0.143. The third-order valence-corrected chi connectivity index (χ3v) is 2.35. The molecule has 0 saturated carbocycles. The second-order valence-corrected chi connectivity index (χ2v) is 3.72. The third kappa shape index (κ3) is 3.25. The highest BCUT2D eigenvalue weighted by Crippen LogP contribution is 2.39. The fourth-order valence-electron chi connectivity index (χ4n) is 1.36. The van der Waals surface area contributed by atoms with Gasteiger partial charge in [-0.05, 0) is 23.7 Å². The van der Waals surface area contributed by atoms with Crippen LogP contribution in [0.2, 0.25) is 0 Å². The Bertz CT molecular complexity index is 497. The van der Waals surface area contributed by atoms with Gasteiger partial charge in [-0.1, -0.05) is 0 Å². The minimum Gasteiger partial charge on any atom is -0.298 e. The highest BCUT2D eigenvalue weighted by atomic mass is 35.5. The summed E-state index contributed by atoms with van der Waals surface area (Å²) >= 11 is 4.88. The van der Waals surface area contributed by atoms with E-state index in [9.17, 15) is 35.9 Å². The minimum absolute atomic E-state index is 0.105. The van der Waals surface area contributed by atoms with Crippen molar-refractivity contribution in [1.82, 2.24) is 0 Å². The number of carbonyl (C=O) groups excluding carboxylic acids is 2. The van der Waals surface area contributed by atoms with Gasteiger partial charge in [-0.25, -0.2) is 0 Å². The predicted octanol–water partition coefficient (Wildman–Crippen LogP) is 3.92. The van der Waals surface area contributed by atoms with Gasteiger partial charge in [0.1, 0.15) is 0 Å². The summed E-state index contributed by atoms with van der Waals surface area (Å²) in [6, 6.07) is 0.211. The summed E-state index contributed by atoms with van der Waals surface area (Å²) in [4.78, 5) is 21.3. The summed E-state index contributed by atoms with van der Waals surface area (Å²) in [6.45, 7) is 0. The molecule has 0 heterocycles. The van der Waals surface area contributed by atoms with Gasteiger partial charge in [-0.3, -0.25) is 9.59 Å². The summed E-state index contributed by atoms with van der Waals surface area (Å²) in [5.41, 5.74) is -6.30. The van der Waals surface area contributed by atoms with Crippen LogP contribution in [0.5, 0.6) is 0 Å². The number of carbonyl (C=O) groups is 2. The Hall–Kier alpha value is -1.57. The number of halogens is 7. The SMILES string of the molecule is O=Cc1c(C(F)(F)F)cc(C(=O)Cl)cc1C(F)(F)F. The van der Waals surface area contributed by atoms with Crippen LogP contribution in [0.1, 0.15) is 31.8 Å². The molecule has 0 amide bonds. The molecule has 0 N–H and O–H groups in total. The van der Waals surface area contributed by atoms with Crippen molar-refractivity contribution in [3.8, 4) is 0 Å². The van der Waals surface area contributed by atoms with Crippen molar-refractivity contribution in [3.05, 3.63) is 34.4 Å². The van der Waals surface area contributed by atoms with Gasteiger partial charge in [0.15, 0.2) is 6.29 Å². The fraction of sp³-hybridized carbons (Fsp3) is 0.200. The maximum atomic E-state index is 12.6. The van der Waals surface area contributed by atoms with E-state index in [1.54, 1.807) is 0 Å². The standard InChI is InChI=1S/C10H3ClF6O2/c11-8(19)4-1-6(9(12,13)14)5(3-18)7(2-4)10(15,16)17/h1-3H. The second kappa shape index (κ2) is 4.84. The van der Waals surface area contributed by atoms with Crippen LogP contribution in [-0.2, 0) is 12.4 Å². The molecule has 104 valence electrons. The zero-order valence-electron chi connectivity index (χ0n) is 8.69. The first-order chi connectivity index (χ1) is 8.48. The van der Waals surface area contributed by atoms with Gasteiger partial charge in [0.05, 0.1) is 11.1 Å². The zero-order valence-corrected chi connectivity index (χ0v) is 9.45. The molecule has 1 aromatic carbocycles. The number of alkyl halides is 6. The van der Waals surface area contributed by atoms with Crippen LogP contribution < -0.4 is 0 Å². The molecule has 0 spiro atoms. The van der Waals surface area contributed by atoms with E-state index >= 15 is 0 Å². The van der Waals surface area contributed by atoms with E-state index in [2.05, 4.69) is 0 Å². The highest BCUT2D eigenvalue weighted by molar-refractivity contribution is 6.67. The molecule has 2 nitrogen and oxygen atoms in total. The van der Waals surface area contributed by atoms with Crippen LogP contribution in [0.25, 0.3) is 0 Å². The number of hydrogen-bond acceptors (Lipinski definition) is 2. The van der Waals surface area contributed by atoms with Gasteiger partial charge in [-0.2, -0.15) is 26.3 Å². The van der Waals surface area contributed by atoms with Crippen LogP contribution >= 0.6 is 11.6 Å². The molecule has 0 saturated heterocycles. The van der Waals surface area contributed by atoms with Gasteiger partial charge >= 0.3 is 12.4 Å². The molecule has 0 bridgehead atoms. The van der Waals surface area contributed by atoms with Crippen molar-refractivity contribution in [3.63, 3.8) is 0 Å². The Balaban J connectivity index is 3.77. The summed E-state index contributed by atoms with van der Waals surface area (Å²) < 4.78 is 75.4. The Kier molecular flexibility index (Phi) is 3.94. The number of rotatable bonds is 2. The monoisotopic (exact) mass is 304 g/mol. The molecule has 0 aliphatic heterocycles. The quantitative estimate of drug-likeness (QED) is 0.471. The topological polar surface area (TPSA) is 34.1 Å². The Morgan fingerprint density at radius 1 is 1.00 bits per heavy atom. The fourth-order valence-corrected chi connectivity index (χ4v) is 1.47. The predicted molar refractivity (Wildman–Crippen MR) is 52.0 cm³/mol. The molecule has 1 rings (SSSR count). The molecule has 0 unspecified atom stereocenters. The smallest absolute Gasteiger partial charge is 0.298 e. The first-order valence-electron chi connectivity index (χ1n) is 4.46. The molecule has 0 fully saturated rings. The normalized spacial score (nSPS) is 12.4. The van der Waals surface area contributed by atoms with Gasteiger partial charge in [0, 0.05) is 11.1 Å². The summed E-state index contributed by atoms with van der Waals surface area (Å²) in [7, 11) is 0. The summed E-state index contributed by atoms with van der Waals surface area (Å²) in [5, 5.41) is -1.49. The van der Waals surface area contributed by atoms with E-state index < -0.39 is 46.1 Å². The van der Waals surface area contributed by atoms with Crippen LogP contribution in [0.15, 0.2) is 12.1 Å².